The molecule has 0 spiro atoms. The van der Waals surface area contributed by atoms with Crippen LogP contribution in [0.3, 0.4) is 0 Å². The van der Waals surface area contributed by atoms with Crippen LogP contribution in [0.2, 0.25) is 5.02 Å². The second kappa shape index (κ2) is 10.7. The van der Waals surface area contributed by atoms with E-state index in [9.17, 15) is 14.0 Å². The summed E-state index contributed by atoms with van der Waals surface area (Å²) >= 11 is 6.07. The van der Waals surface area contributed by atoms with Gasteiger partial charge >= 0.3 is 0 Å². The second-order valence-electron chi connectivity index (χ2n) is 7.27. The summed E-state index contributed by atoms with van der Waals surface area (Å²) in [6.07, 6.45) is 0.465. The van der Waals surface area contributed by atoms with Crippen molar-refractivity contribution in [3.63, 3.8) is 0 Å². The quantitative estimate of drug-likeness (QED) is 0.566. The predicted molar refractivity (Wildman–Crippen MR) is 120 cm³/mol. The van der Waals surface area contributed by atoms with Crippen LogP contribution >= 0.6 is 11.6 Å². The molecule has 3 rings (SSSR count). The summed E-state index contributed by atoms with van der Waals surface area (Å²) in [5, 5.41) is 3.22. The molecule has 0 aromatic heterocycles. The molecule has 0 saturated heterocycles. The first kappa shape index (κ1) is 22.5. The lowest BCUT2D eigenvalue weighted by molar-refractivity contribution is -0.140. The van der Waals surface area contributed by atoms with Crippen molar-refractivity contribution in [1.82, 2.24) is 10.2 Å². The Bertz CT molecular complexity index is 1030. The number of likely N-dealkylation sites (N-methyl/N-ethyl adjacent to an activating group) is 1. The highest BCUT2D eigenvalue weighted by Gasteiger charge is 2.29. The summed E-state index contributed by atoms with van der Waals surface area (Å²) in [5.41, 5.74) is 2.44. The lowest BCUT2D eigenvalue weighted by Gasteiger charge is -2.31. The van der Waals surface area contributed by atoms with Crippen molar-refractivity contribution in [3.8, 4) is 0 Å². The summed E-state index contributed by atoms with van der Waals surface area (Å²) < 4.78 is 13.4. The number of nitrogens with one attached hydrogen (secondary N) is 1. The topological polar surface area (TPSA) is 49.4 Å². The van der Waals surface area contributed by atoms with Crippen LogP contribution < -0.4 is 5.32 Å². The molecule has 0 heterocycles. The molecule has 3 aromatic carbocycles. The monoisotopic (exact) mass is 438 g/mol. The molecule has 0 aliphatic heterocycles. The van der Waals surface area contributed by atoms with Gasteiger partial charge in [0, 0.05) is 25.0 Å². The fourth-order valence-corrected chi connectivity index (χ4v) is 3.64. The van der Waals surface area contributed by atoms with E-state index in [0.29, 0.717) is 11.4 Å². The molecule has 0 saturated carbocycles. The number of halogens is 2. The van der Waals surface area contributed by atoms with E-state index in [2.05, 4.69) is 5.32 Å². The summed E-state index contributed by atoms with van der Waals surface area (Å²) in [6, 6.07) is 21.9. The van der Waals surface area contributed by atoms with Crippen molar-refractivity contribution in [2.45, 2.75) is 25.4 Å². The molecule has 160 valence electrons. The lowest BCUT2D eigenvalue weighted by atomic mass is 10.0. The van der Waals surface area contributed by atoms with Gasteiger partial charge < -0.3 is 10.2 Å². The van der Waals surface area contributed by atoms with Crippen LogP contribution in [-0.4, -0.2) is 29.8 Å². The molecule has 0 aliphatic carbocycles. The summed E-state index contributed by atoms with van der Waals surface area (Å²) in [6.45, 7) is 0.185. The highest BCUT2D eigenvalue weighted by atomic mass is 35.5. The van der Waals surface area contributed by atoms with Gasteiger partial charge in [0.2, 0.25) is 11.8 Å². The van der Waals surface area contributed by atoms with E-state index >= 15 is 0 Å². The van der Waals surface area contributed by atoms with E-state index in [0.717, 1.165) is 16.7 Å². The first-order valence-electron chi connectivity index (χ1n) is 10.00. The normalized spacial score (nSPS) is 11.6. The average molecular weight is 439 g/mol. The Hall–Kier alpha value is -3.18. The van der Waals surface area contributed by atoms with E-state index in [1.165, 1.54) is 12.1 Å². The van der Waals surface area contributed by atoms with Crippen LogP contribution in [0.25, 0.3) is 0 Å². The highest BCUT2D eigenvalue weighted by Crippen LogP contribution is 2.18. The molecule has 4 nitrogen and oxygen atoms in total. The second-order valence-corrected chi connectivity index (χ2v) is 7.71. The first-order chi connectivity index (χ1) is 15.0. The number of nitrogens with zero attached hydrogens (tertiary/aromatic N) is 1. The number of hydrogen-bond donors (Lipinski definition) is 1. The molecule has 0 radical (unpaired) electrons. The number of amides is 2. The van der Waals surface area contributed by atoms with Gasteiger partial charge in [0.05, 0.1) is 6.42 Å². The van der Waals surface area contributed by atoms with E-state index < -0.39 is 6.04 Å². The smallest absolute Gasteiger partial charge is 0.242 e. The third-order valence-electron chi connectivity index (χ3n) is 5.03. The van der Waals surface area contributed by atoms with Crippen molar-refractivity contribution < 1.29 is 14.0 Å². The SMILES string of the molecule is CNC(=O)[C@H](Cc1ccccc1)N(Cc1ccc(F)cc1)C(=O)Cc1cccc(Cl)c1. The molecule has 2 amide bonds. The van der Waals surface area contributed by atoms with Crippen LogP contribution in [0.5, 0.6) is 0 Å². The Morgan fingerprint density at radius 2 is 1.61 bits per heavy atom. The van der Waals surface area contributed by atoms with Crippen LogP contribution in [0.1, 0.15) is 16.7 Å². The molecule has 0 bridgehead atoms. The van der Waals surface area contributed by atoms with Gasteiger partial charge in [0.15, 0.2) is 0 Å². The molecule has 1 N–H and O–H groups in total. The zero-order valence-corrected chi connectivity index (χ0v) is 18.0. The molecule has 0 fully saturated rings. The third kappa shape index (κ3) is 6.40. The number of benzene rings is 3. The Morgan fingerprint density at radius 1 is 0.935 bits per heavy atom. The molecule has 0 aliphatic rings. The van der Waals surface area contributed by atoms with Crippen molar-refractivity contribution in [2.75, 3.05) is 7.05 Å². The maximum Gasteiger partial charge on any atom is 0.242 e. The van der Waals surface area contributed by atoms with Crippen LogP contribution in [0.15, 0.2) is 78.9 Å². The van der Waals surface area contributed by atoms with Gasteiger partial charge in [0.25, 0.3) is 0 Å². The molecule has 31 heavy (non-hydrogen) atoms. The summed E-state index contributed by atoms with van der Waals surface area (Å²) in [7, 11) is 1.55. The number of carbonyl (C=O) groups excluding carboxylic acids is 2. The van der Waals surface area contributed by atoms with Gasteiger partial charge in [-0.1, -0.05) is 66.2 Å². The van der Waals surface area contributed by atoms with Gasteiger partial charge in [-0.05, 0) is 41.0 Å². The maximum absolute atomic E-state index is 13.4. The standard InChI is InChI=1S/C25H24ClFN2O2/c1-28-25(31)23(15-18-6-3-2-4-7-18)29(17-19-10-12-22(27)13-11-19)24(30)16-20-8-5-9-21(26)14-20/h2-14,23H,15-17H2,1H3,(H,28,31)/t23-/m0/s1. The predicted octanol–water partition coefficient (Wildman–Crippen LogP) is 4.41. The van der Waals surface area contributed by atoms with Gasteiger partial charge in [-0.25, -0.2) is 4.39 Å². The van der Waals surface area contributed by atoms with Crippen LogP contribution in [0, 0.1) is 5.82 Å². The summed E-state index contributed by atoms with van der Waals surface area (Å²) in [4.78, 5) is 27.8. The number of carbonyl (C=O) groups is 2. The Morgan fingerprint density at radius 3 is 2.26 bits per heavy atom. The minimum absolute atomic E-state index is 0.101. The maximum atomic E-state index is 13.4. The van der Waals surface area contributed by atoms with Gasteiger partial charge in [-0.3, -0.25) is 9.59 Å². The van der Waals surface area contributed by atoms with E-state index in [4.69, 9.17) is 11.6 Å². The molecule has 0 unspecified atom stereocenters. The first-order valence-corrected chi connectivity index (χ1v) is 10.4. The zero-order valence-electron chi connectivity index (χ0n) is 17.2. The molecular formula is C25H24ClFN2O2. The Labute approximate surface area is 186 Å². The van der Waals surface area contributed by atoms with Gasteiger partial charge in [-0.2, -0.15) is 0 Å². The Kier molecular flexibility index (Phi) is 7.79. The molecular weight excluding hydrogens is 415 g/mol. The third-order valence-corrected chi connectivity index (χ3v) is 5.26. The van der Waals surface area contributed by atoms with E-state index in [1.54, 1.807) is 42.3 Å². The fraction of sp³-hybridized carbons (Fsp3) is 0.200. The van der Waals surface area contributed by atoms with Crippen LogP contribution in [-0.2, 0) is 29.0 Å². The van der Waals surface area contributed by atoms with Crippen molar-refractivity contribution in [1.29, 1.82) is 0 Å². The average Bonchev–Trinajstić information content (AvgIpc) is 2.77. The minimum atomic E-state index is -0.718. The number of hydrogen-bond acceptors (Lipinski definition) is 2. The van der Waals surface area contributed by atoms with Crippen LogP contribution in [0.4, 0.5) is 4.39 Å². The van der Waals surface area contributed by atoms with Crippen molar-refractivity contribution in [3.05, 3.63) is 106 Å². The van der Waals surface area contributed by atoms with E-state index in [1.807, 2.05) is 36.4 Å². The Balaban J connectivity index is 1.93. The molecule has 1 atom stereocenters. The van der Waals surface area contributed by atoms with Crippen molar-refractivity contribution in [2.24, 2.45) is 0 Å². The molecule has 3 aromatic rings. The summed E-state index contributed by atoms with van der Waals surface area (Å²) in [5.74, 6) is -0.825. The number of rotatable bonds is 8. The highest BCUT2D eigenvalue weighted by molar-refractivity contribution is 6.30. The largest absolute Gasteiger partial charge is 0.357 e. The fourth-order valence-electron chi connectivity index (χ4n) is 3.43. The van der Waals surface area contributed by atoms with Crippen molar-refractivity contribution >= 4 is 23.4 Å². The minimum Gasteiger partial charge on any atom is -0.357 e. The zero-order chi connectivity index (χ0) is 22.2. The molecule has 6 heteroatoms. The van der Waals surface area contributed by atoms with Gasteiger partial charge in [0.1, 0.15) is 11.9 Å². The lowest BCUT2D eigenvalue weighted by Crippen LogP contribution is -2.50. The van der Waals surface area contributed by atoms with E-state index in [-0.39, 0.29) is 30.6 Å². The van der Waals surface area contributed by atoms with Gasteiger partial charge in [-0.15, -0.1) is 0 Å².